The molecule has 0 atom stereocenters. The van der Waals surface area contributed by atoms with Crippen molar-refractivity contribution in [3.8, 4) is 39.1 Å². The Kier molecular flexibility index (Phi) is 8.39. The van der Waals surface area contributed by atoms with Gasteiger partial charge < -0.3 is 9.47 Å². The predicted molar refractivity (Wildman–Crippen MR) is 262 cm³/mol. The highest BCUT2D eigenvalue weighted by molar-refractivity contribution is 7.26. The third-order valence-electron chi connectivity index (χ3n) is 12.2. The summed E-state index contributed by atoms with van der Waals surface area (Å²) in [5, 5.41) is 7.78. The molecule has 10 aromatic carbocycles. The summed E-state index contributed by atoms with van der Waals surface area (Å²) < 4.78 is 5.08. The summed E-state index contributed by atoms with van der Waals surface area (Å²) in [4.78, 5) is 2.36. The first-order valence-electron chi connectivity index (χ1n) is 20.8. The highest BCUT2D eigenvalue weighted by atomic mass is 32.1. The number of nitrogens with zero attached hydrogens (tertiary/aromatic N) is 2. The molecule has 0 saturated heterocycles. The van der Waals surface area contributed by atoms with Gasteiger partial charge in [-0.2, -0.15) is 0 Å². The normalized spacial score (nSPS) is 11.6. The summed E-state index contributed by atoms with van der Waals surface area (Å²) in [5.74, 6) is 0. The summed E-state index contributed by atoms with van der Waals surface area (Å²) in [7, 11) is 0. The summed E-state index contributed by atoms with van der Waals surface area (Å²) in [5.41, 5.74) is 14.1. The molecule has 0 radical (unpaired) electrons. The molecule has 0 spiro atoms. The minimum atomic E-state index is 1.09. The van der Waals surface area contributed by atoms with Crippen LogP contribution in [0.25, 0.3) is 91.8 Å². The Bertz CT molecular complexity index is 3510. The zero-order chi connectivity index (χ0) is 40.3. The molecule has 12 rings (SSSR count). The highest BCUT2D eigenvalue weighted by Crippen LogP contribution is 2.42. The summed E-state index contributed by atoms with van der Waals surface area (Å²) >= 11 is 1.89. The molecule has 0 saturated carbocycles. The summed E-state index contributed by atoms with van der Waals surface area (Å²) in [6.07, 6.45) is 0. The van der Waals surface area contributed by atoms with E-state index in [2.05, 4.69) is 240 Å². The lowest BCUT2D eigenvalue weighted by Gasteiger charge is -2.26. The van der Waals surface area contributed by atoms with E-state index >= 15 is 0 Å². The summed E-state index contributed by atoms with van der Waals surface area (Å²) in [6, 6.07) is 84.0. The van der Waals surface area contributed by atoms with Gasteiger partial charge in [0.15, 0.2) is 0 Å². The first kappa shape index (κ1) is 35.2. The van der Waals surface area contributed by atoms with Crippen LogP contribution in [0.15, 0.2) is 231 Å². The molecule has 0 N–H and O–H groups in total. The number of fused-ring (bicyclic) bond motifs is 8. The molecule has 2 heterocycles. The molecule has 0 aliphatic carbocycles. The van der Waals surface area contributed by atoms with Gasteiger partial charge in [0.05, 0.1) is 16.7 Å². The number of benzene rings is 10. The van der Waals surface area contributed by atoms with Crippen molar-refractivity contribution in [3.05, 3.63) is 231 Å². The Balaban J connectivity index is 0.930. The SMILES string of the molecule is c1ccc(-c2ccc(N(c3ccc(-c4ccc5c(c4)sc4c6ccccc6ccc54)cc3)c3ccc(-c4ccccc4-n4c5ccccc5c5ccccc54)cc3)cc2)cc1. The van der Waals surface area contributed by atoms with Gasteiger partial charge in [0.25, 0.3) is 0 Å². The molecular weight excluding hydrogens is 757 g/mol. The predicted octanol–water partition coefficient (Wildman–Crippen LogP) is 16.8. The topological polar surface area (TPSA) is 8.17 Å². The molecule has 0 unspecified atom stereocenters. The van der Waals surface area contributed by atoms with Gasteiger partial charge >= 0.3 is 0 Å². The number of para-hydroxylation sites is 3. The fourth-order valence-electron chi connectivity index (χ4n) is 9.25. The lowest BCUT2D eigenvalue weighted by Crippen LogP contribution is -2.09. The van der Waals surface area contributed by atoms with Crippen LogP contribution in [0.2, 0.25) is 0 Å². The molecule has 286 valence electrons. The van der Waals surface area contributed by atoms with Crippen LogP contribution in [0, 0.1) is 0 Å². The molecule has 2 aromatic heterocycles. The van der Waals surface area contributed by atoms with Crippen molar-refractivity contribution in [1.29, 1.82) is 0 Å². The van der Waals surface area contributed by atoms with E-state index < -0.39 is 0 Å². The maximum absolute atomic E-state index is 2.41. The molecule has 12 aromatic rings. The van der Waals surface area contributed by atoms with Crippen LogP contribution in [0.4, 0.5) is 17.1 Å². The Morgan fingerprint density at radius 1 is 0.328 bits per heavy atom. The van der Waals surface area contributed by atoms with E-state index in [1.54, 1.807) is 0 Å². The molecule has 61 heavy (non-hydrogen) atoms. The minimum Gasteiger partial charge on any atom is -0.311 e. The highest BCUT2D eigenvalue weighted by Gasteiger charge is 2.18. The van der Waals surface area contributed by atoms with E-state index in [1.807, 2.05) is 11.3 Å². The Hall–Kier alpha value is -7.72. The average molecular weight is 795 g/mol. The van der Waals surface area contributed by atoms with Gasteiger partial charge in [0.2, 0.25) is 0 Å². The van der Waals surface area contributed by atoms with Crippen LogP contribution in [-0.2, 0) is 0 Å². The van der Waals surface area contributed by atoms with Crippen molar-refractivity contribution in [2.45, 2.75) is 0 Å². The Labute approximate surface area is 358 Å². The van der Waals surface area contributed by atoms with E-state index in [9.17, 15) is 0 Å². The minimum absolute atomic E-state index is 1.09. The largest absolute Gasteiger partial charge is 0.311 e. The average Bonchev–Trinajstić information content (AvgIpc) is 3.88. The zero-order valence-corrected chi connectivity index (χ0v) is 34.1. The first-order chi connectivity index (χ1) is 30.2. The van der Waals surface area contributed by atoms with Crippen molar-refractivity contribution in [3.63, 3.8) is 0 Å². The van der Waals surface area contributed by atoms with Gasteiger partial charge in [-0.15, -0.1) is 11.3 Å². The fourth-order valence-corrected chi connectivity index (χ4v) is 10.5. The second-order valence-electron chi connectivity index (χ2n) is 15.7. The van der Waals surface area contributed by atoms with E-state index in [1.165, 1.54) is 91.8 Å². The fraction of sp³-hybridized carbons (Fsp3) is 0. The van der Waals surface area contributed by atoms with Crippen molar-refractivity contribution < 1.29 is 0 Å². The number of aromatic nitrogens is 1. The zero-order valence-electron chi connectivity index (χ0n) is 33.2. The van der Waals surface area contributed by atoms with Gasteiger partial charge in [0, 0.05) is 53.6 Å². The van der Waals surface area contributed by atoms with Crippen LogP contribution in [-0.4, -0.2) is 4.57 Å². The molecule has 2 nitrogen and oxygen atoms in total. The second-order valence-corrected chi connectivity index (χ2v) is 16.8. The van der Waals surface area contributed by atoms with Crippen LogP contribution < -0.4 is 4.90 Å². The van der Waals surface area contributed by atoms with E-state index in [0.29, 0.717) is 0 Å². The molecule has 0 aliphatic heterocycles. The van der Waals surface area contributed by atoms with E-state index in [0.717, 1.165) is 17.1 Å². The standard InChI is InChI=1S/C58H38N2S/c1-2-12-39(13-3-1)40-22-30-45(31-23-40)59(46-32-24-41(25-33-46)44-29-36-52-53-37-28-42-14-4-5-16-49(42)58(53)61-57(52)38-44)47-34-26-43(27-35-47)48-15-6-9-19-54(48)60-55-20-10-7-17-50(55)51-18-8-11-21-56(51)60/h1-38H. The third-order valence-corrected chi connectivity index (χ3v) is 13.4. The lowest BCUT2D eigenvalue weighted by atomic mass is 10.0. The van der Waals surface area contributed by atoms with Crippen LogP contribution >= 0.6 is 11.3 Å². The Morgan fingerprint density at radius 3 is 1.49 bits per heavy atom. The smallest absolute Gasteiger partial charge is 0.0541 e. The van der Waals surface area contributed by atoms with Gasteiger partial charge in [-0.05, 0) is 99.3 Å². The Morgan fingerprint density at radius 2 is 0.820 bits per heavy atom. The van der Waals surface area contributed by atoms with Crippen LogP contribution in [0.3, 0.4) is 0 Å². The molecular formula is C58H38N2S. The van der Waals surface area contributed by atoms with Crippen molar-refractivity contribution >= 4 is 81.1 Å². The van der Waals surface area contributed by atoms with Crippen molar-refractivity contribution in [2.24, 2.45) is 0 Å². The van der Waals surface area contributed by atoms with Crippen LogP contribution in [0.5, 0.6) is 0 Å². The van der Waals surface area contributed by atoms with Crippen molar-refractivity contribution in [2.75, 3.05) is 4.90 Å². The third kappa shape index (κ3) is 6.01. The number of rotatable bonds is 7. The first-order valence-corrected chi connectivity index (χ1v) is 21.6. The molecule has 0 aliphatic rings. The quantitative estimate of drug-likeness (QED) is 0.156. The maximum Gasteiger partial charge on any atom is 0.0541 e. The monoisotopic (exact) mass is 794 g/mol. The molecule has 3 heteroatoms. The molecule has 0 amide bonds. The second kappa shape index (κ2) is 14.5. The maximum atomic E-state index is 2.41. The van der Waals surface area contributed by atoms with Gasteiger partial charge in [-0.1, -0.05) is 170 Å². The van der Waals surface area contributed by atoms with Crippen LogP contribution in [0.1, 0.15) is 0 Å². The summed E-state index contributed by atoms with van der Waals surface area (Å²) in [6.45, 7) is 0. The van der Waals surface area contributed by atoms with Gasteiger partial charge in [-0.25, -0.2) is 0 Å². The van der Waals surface area contributed by atoms with Gasteiger partial charge in [0.1, 0.15) is 0 Å². The number of hydrogen-bond acceptors (Lipinski definition) is 2. The number of hydrogen-bond donors (Lipinski definition) is 0. The van der Waals surface area contributed by atoms with Crippen molar-refractivity contribution in [1.82, 2.24) is 4.57 Å². The molecule has 0 fully saturated rings. The van der Waals surface area contributed by atoms with Gasteiger partial charge in [-0.3, -0.25) is 0 Å². The van der Waals surface area contributed by atoms with E-state index in [-0.39, 0.29) is 0 Å². The van der Waals surface area contributed by atoms with E-state index in [4.69, 9.17) is 0 Å². The molecule has 0 bridgehead atoms. The number of anilines is 3. The lowest BCUT2D eigenvalue weighted by molar-refractivity contribution is 1.18. The number of thiophene rings is 1.